The monoisotopic (exact) mass is 393 g/mol. The highest BCUT2D eigenvalue weighted by Crippen LogP contribution is 2.35. The van der Waals surface area contributed by atoms with Crippen molar-refractivity contribution in [3.8, 4) is 5.69 Å². The third-order valence-electron chi connectivity index (χ3n) is 3.86. The average Bonchev–Trinajstić information content (AvgIpc) is 2.96. The van der Waals surface area contributed by atoms with Crippen LogP contribution in [0.1, 0.15) is 25.6 Å². The van der Waals surface area contributed by atoms with E-state index in [1.807, 2.05) is 0 Å². The van der Waals surface area contributed by atoms with Gasteiger partial charge in [-0.15, -0.1) is 23.1 Å². The maximum absolute atomic E-state index is 13.6. The van der Waals surface area contributed by atoms with E-state index in [4.69, 9.17) is 0 Å². The first-order valence-electron chi connectivity index (χ1n) is 8.02. The molecule has 9 heteroatoms. The van der Waals surface area contributed by atoms with E-state index < -0.39 is 10.7 Å². The smallest absolute Gasteiger partial charge is 0.348 e. The molecule has 0 aliphatic heterocycles. The second-order valence-electron chi connectivity index (χ2n) is 5.67. The van der Waals surface area contributed by atoms with Gasteiger partial charge in [0.1, 0.15) is 16.2 Å². The van der Waals surface area contributed by atoms with Gasteiger partial charge in [0.15, 0.2) is 5.82 Å². The molecule has 0 aliphatic rings. The molecular weight excluding hydrogens is 377 g/mol. The summed E-state index contributed by atoms with van der Waals surface area (Å²) in [7, 11) is 0. The molecular formula is C17H16FN3O3S2. The summed E-state index contributed by atoms with van der Waals surface area (Å²) < 4.78 is 16.1. The van der Waals surface area contributed by atoms with Gasteiger partial charge in [-0.05, 0) is 35.3 Å². The van der Waals surface area contributed by atoms with Crippen molar-refractivity contribution in [3.63, 3.8) is 0 Å². The fourth-order valence-electron chi connectivity index (χ4n) is 2.57. The molecule has 0 aliphatic carbocycles. The molecule has 3 rings (SSSR count). The zero-order valence-corrected chi connectivity index (χ0v) is 15.8. The fourth-order valence-corrected chi connectivity index (χ4v) is 5.19. The zero-order valence-electron chi connectivity index (χ0n) is 14.2. The number of nitro groups is 1. The summed E-state index contributed by atoms with van der Waals surface area (Å²) in [5, 5.41) is 11.7. The van der Waals surface area contributed by atoms with Crippen LogP contribution in [0.25, 0.3) is 15.8 Å². The number of aryl methyl sites for hydroxylation is 1. The minimum Gasteiger partial charge on any atom is -0.358 e. The molecule has 0 bridgehead atoms. The van der Waals surface area contributed by atoms with Crippen LogP contribution in [0.15, 0.2) is 33.4 Å². The summed E-state index contributed by atoms with van der Waals surface area (Å²) in [6, 6.07) is 3.97. The number of nitrogens with zero attached hydrogens (tertiary/aromatic N) is 3. The van der Waals surface area contributed by atoms with Gasteiger partial charge in [-0.2, -0.15) is 4.57 Å². The highest BCUT2D eigenvalue weighted by atomic mass is 32.2. The first-order chi connectivity index (χ1) is 12.4. The summed E-state index contributed by atoms with van der Waals surface area (Å²) in [6.45, 7) is 3.68. The number of halogens is 1. The molecule has 2 aromatic heterocycles. The maximum Gasteiger partial charge on any atom is 0.348 e. The Balaban J connectivity index is 2.32. The van der Waals surface area contributed by atoms with E-state index in [-0.39, 0.29) is 16.9 Å². The minimum absolute atomic E-state index is 0.219. The third kappa shape index (κ3) is 3.36. The molecule has 6 nitrogen and oxygen atoms in total. The number of thioether (sulfide) groups is 1. The van der Waals surface area contributed by atoms with Crippen molar-refractivity contribution >= 4 is 39.0 Å². The van der Waals surface area contributed by atoms with Crippen LogP contribution in [0.3, 0.4) is 0 Å². The van der Waals surface area contributed by atoms with Gasteiger partial charge in [0.05, 0.1) is 0 Å². The Morgan fingerprint density at radius 1 is 1.42 bits per heavy atom. The van der Waals surface area contributed by atoms with Gasteiger partial charge < -0.3 is 10.1 Å². The van der Waals surface area contributed by atoms with Crippen molar-refractivity contribution in [2.24, 2.45) is 0 Å². The first kappa shape index (κ1) is 18.5. The van der Waals surface area contributed by atoms with E-state index in [9.17, 15) is 19.3 Å². The van der Waals surface area contributed by atoms with Crippen LogP contribution in [0.5, 0.6) is 0 Å². The predicted molar refractivity (Wildman–Crippen MR) is 102 cm³/mol. The van der Waals surface area contributed by atoms with Crippen molar-refractivity contribution in [2.75, 3.05) is 5.75 Å². The molecule has 0 spiro atoms. The predicted octanol–water partition coefficient (Wildman–Crippen LogP) is 4.70. The zero-order chi connectivity index (χ0) is 18.8. The number of imidazole rings is 1. The Morgan fingerprint density at radius 3 is 2.88 bits per heavy atom. The van der Waals surface area contributed by atoms with E-state index in [1.54, 1.807) is 6.92 Å². The fraction of sp³-hybridized carbons (Fsp3) is 0.294. The van der Waals surface area contributed by atoms with Crippen LogP contribution in [0, 0.1) is 22.9 Å². The average molecular weight is 393 g/mol. The van der Waals surface area contributed by atoms with Gasteiger partial charge in [0.25, 0.3) is 0 Å². The van der Waals surface area contributed by atoms with E-state index in [0.29, 0.717) is 20.1 Å². The normalized spacial score (nSPS) is 11.2. The van der Waals surface area contributed by atoms with Crippen LogP contribution >= 0.6 is 23.1 Å². The number of rotatable bonds is 6. The Bertz CT molecular complexity index is 1050. The van der Waals surface area contributed by atoms with Crippen molar-refractivity contribution in [2.45, 2.75) is 30.9 Å². The van der Waals surface area contributed by atoms with Crippen LogP contribution in [-0.2, 0) is 0 Å². The standard InChI is InChI=1S/C17H16FN3O3S2/c1-3-4-7-25-17-15(20-10(2)19-9-14(20)21(23)24)16(22)12-6-5-11(18)8-13(12)26-17/h5-6,8-9H,3-4,7H2,1-2H3. The highest BCUT2D eigenvalue weighted by molar-refractivity contribution is 8.01. The molecule has 0 amide bonds. The third-order valence-corrected chi connectivity index (χ3v) is 6.35. The molecule has 136 valence electrons. The van der Waals surface area contributed by atoms with Gasteiger partial charge in [0, 0.05) is 17.0 Å². The van der Waals surface area contributed by atoms with E-state index >= 15 is 0 Å². The van der Waals surface area contributed by atoms with Crippen LogP contribution in [0.4, 0.5) is 10.2 Å². The van der Waals surface area contributed by atoms with Crippen LogP contribution in [-0.4, -0.2) is 20.2 Å². The van der Waals surface area contributed by atoms with Gasteiger partial charge in [-0.3, -0.25) is 4.79 Å². The molecule has 2 heterocycles. The lowest BCUT2D eigenvalue weighted by Gasteiger charge is -2.09. The molecule has 0 fully saturated rings. The van der Waals surface area contributed by atoms with Crippen molar-refractivity contribution < 1.29 is 9.31 Å². The molecule has 0 saturated heterocycles. The SMILES string of the molecule is CCCCSc1sc2cc(F)ccc2c(=O)c1-n1c([N+](=O)[O-])cnc1C. The molecule has 0 atom stereocenters. The summed E-state index contributed by atoms with van der Waals surface area (Å²) in [4.78, 5) is 28.0. The molecule has 0 N–H and O–H groups in total. The van der Waals surface area contributed by atoms with Gasteiger partial charge in [-0.25, -0.2) is 9.37 Å². The summed E-state index contributed by atoms with van der Waals surface area (Å²) in [5.74, 6) is 0.447. The van der Waals surface area contributed by atoms with E-state index in [2.05, 4.69) is 11.9 Å². The van der Waals surface area contributed by atoms with Crippen molar-refractivity contribution in [1.29, 1.82) is 0 Å². The molecule has 3 aromatic rings. The van der Waals surface area contributed by atoms with Gasteiger partial charge in [0.2, 0.25) is 11.1 Å². The Labute approximate surface area is 156 Å². The topological polar surface area (TPSA) is 78.0 Å². The molecule has 0 radical (unpaired) electrons. The second kappa shape index (κ2) is 7.55. The quantitative estimate of drug-likeness (QED) is 0.263. The Hall–Kier alpha value is -2.26. The van der Waals surface area contributed by atoms with Crippen LogP contribution < -0.4 is 5.43 Å². The molecule has 26 heavy (non-hydrogen) atoms. The lowest BCUT2D eigenvalue weighted by molar-refractivity contribution is -0.391. The van der Waals surface area contributed by atoms with Gasteiger partial charge >= 0.3 is 5.82 Å². The van der Waals surface area contributed by atoms with Gasteiger partial charge in [-0.1, -0.05) is 13.3 Å². The number of fused-ring (bicyclic) bond motifs is 1. The lowest BCUT2D eigenvalue weighted by Crippen LogP contribution is -2.15. The lowest BCUT2D eigenvalue weighted by atomic mass is 10.2. The largest absolute Gasteiger partial charge is 0.358 e. The van der Waals surface area contributed by atoms with Crippen molar-refractivity contribution in [1.82, 2.24) is 9.55 Å². The molecule has 0 unspecified atom stereocenters. The van der Waals surface area contributed by atoms with Crippen LogP contribution in [0.2, 0.25) is 0 Å². The molecule has 1 aromatic carbocycles. The van der Waals surface area contributed by atoms with E-state index in [1.165, 1.54) is 45.9 Å². The number of benzene rings is 1. The Morgan fingerprint density at radius 2 is 2.19 bits per heavy atom. The number of hydrogen-bond acceptors (Lipinski definition) is 6. The second-order valence-corrected chi connectivity index (χ2v) is 8.08. The highest BCUT2D eigenvalue weighted by Gasteiger charge is 2.27. The minimum atomic E-state index is -0.556. The number of unbranched alkanes of at least 4 members (excludes halogenated alkanes) is 1. The summed E-state index contributed by atoms with van der Waals surface area (Å²) >= 11 is 2.73. The number of hydrogen-bond donors (Lipinski definition) is 0. The van der Waals surface area contributed by atoms with Crippen molar-refractivity contribution in [3.05, 3.63) is 56.4 Å². The first-order valence-corrected chi connectivity index (χ1v) is 9.82. The summed E-state index contributed by atoms with van der Waals surface area (Å²) in [6.07, 6.45) is 3.08. The number of aromatic nitrogens is 2. The maximum atomic E-state index is 13.6. The molecule has 0 saturated carbocycles. The Kier molecular flexibility index (Phi) is 5.38. The summed E-state index contributed by atoms with van der Waals surface area (Å²) in [5.41, 5.74) is -0.140. The van der Waals surface area contributed by atoms with E-state index in [0.717, 1.165) is 24.8 Å².